The molecule has 5 unspecified atom stereocenters. The van der Waals surface area contributed by atoms with E-state index in [9.17, 15) is 43.5 Å². The summed E-state index contributed by atoms with van der Waals surface area (Å²) in [6.45, 7) is 2.64. The van der Waals surface area contributed by atoms with E-state index in [4.69, 9.17) is 32.3 Å². The number of carbonyl (C=O) groups is 3. The van der Waals surface area contributed by atoms with Gasteiger partial charge in [-0.2, -0.15) is 0 Å². The molecule has 93 heavy (non-hydrogen) atoms. The summed E-state index contributed by atoms with van der Waals surface area (Å²) in [7, 11) is -9.76. The maximum absolute atomic E-state index is 12.9. The molecule has 0 aromatic heterocycles. The van der Waals surface area contributed by atoms with Crippen molar-refractivity contribution in [1.82, 2.24) is 0 Å². The van der Waals surface area contributed by atoms with Crippen LogP contribution in [-0.4, -0.2) is 95.9 Å². The number of phosphoric ester groups is 2. The molecular formula is C75H138O16P2. The van der Waals surface area contributed by atoms with Crippen molar-refractivity contribution in [2.24, 2.45) is 0 Å². The molecule has 0 saturated heterocycles. The van der Waals surface area contributed by atoms with E-state index in [0.29, 0.717) is 19.3 Å². The predicted molar refractivity (Wildman–Crippen MR) is 381 cm³/mol. The van der Waals surface area contributed by atoms with E-state index in [1.165, 1.54) is 186 Å². The molecule has 16 nitrogen and oxygen atoms in total. The number of allylic oxidation sites excluding steroid dienone is 10. The van der Waals surface area contributed by atoms with Crippen molar-refractivity contribution in [2.75, 3.05) is 39.6 Å². The Bertz CT molecular complexity index is 1940. The first-order valence-corrected chi connectivity index (χ1v) is 40.6. The number of esters is 3. The van der Waals surface area contributed by atoms with Gasteiger partial charge in [0.05, 0.1) is 26.4 Å². The smallest absolute Gasteiger partial charge is 0.463 e. The third-order valence-electron chi connectivity index (χ3n) is 16.2. The van der Waals surface area contributed by atoms with E-state index < -0.39 is 91.5 Å². The number of ether oxygens (including phenoxy) is 3. The number of hydrogen-bond acceptors (Lipinski definition) is 14. The zero-order valence-electron chi connectivity index (χ0n) is 59.2. The average Bonchev–Trinajstić information content (AvgIpc) is 2.78. The lowest BCUT2D eigenvalue weighted by molar-refractivity contribution is -0.161. The summed E-state index contributed by atoms with van der Waals surface area (Å²) in [5.41, 5.74) is 0. The van der Waals surface area contributed by atoms with Gasteiger partial charge in [-0.3, -0.25) is 32.5 Å². The number of rotatable bonds is 72. The lowest BCUT2D eigenvalue weighted by Crippen LogP contribution is -2.30. The number of aliphatic hydroxyl groups is 2. The first kappa shape index (κ1) is 90.2. The molecule has 0 aliphatic rings. The van der Waals surface area contributed by atoms with Gasteiger partial charge in [-0.15, -0.1) is 0 Å². The third-order valence-corrected chi connectivity index (χ3v) is 18.1. The molecule has 18 heteroatoms. The molecule has 5 atom stereocenters. The van der Waals surface area contributed by atoms with Crippen molar-refractivity contribution < 1.29 is 75.8 Å². The van der Waals surface area contributed by atoms with Crippen LogP contribution in [0.1, 0.15) is 342 Å². The first-order chi connectivity index (χ1) is 45.2. The zero-order chi connectivity index (χ0) is 68.1. The van der Waals surface area contributed by atoms with Crippen LogP contribution in [-0.2, 0) is 55.8 Å². The molecule has 0 aliphatic carbocycles. The van der Waals surface area contributed by atoms with E-state index in [-0.39, 0.29) is 19.3 Å². The molecule has 0 saturated carbocycles. The monoisotopic (exact) mass is 1360 g/mol. The Morgan fingerprint density at radius 2 is 0.548 bits per heavy atom. The molecule has 4 N–H and O–H groups in total. The van der Waals surface area contributed by atoms with Gasteiger partial charge in [0.15, 0.2) is 6.10 Å². The molecule has 0 fully saturated rings. The normalized spacial score (nSPS) is 14.4. The number of aliphatic hydroxyl groups excluding tert-OH is 2. The molecule has 544 valence electrons. The fourth-order valence-electron chi connectivity index (χ4n) is 10.4. The van der Waals surface area contributed by atoms with Gasteiger partial charge in [-0.1, -0.05) is 300 Å². The van der Waals surface area contributed by atoms with E-state index in [1.807, 2.05) is 0 Å². The van der Waals surface area contributed by atoms with E-state index in [1.54, 1.807) is 0 Å². The summed E-state index contributed by atoms with van der Waals surface area (Å²) in [5, 5.41) is 20.6. The fourth-order valence-corrected chi connectivity index (χ4v) is 12.0. The molecule has 0 spiro atoms. The lowest BCUT2D eigenvalue weighted by Gasteiger charge is -2.21. The average molecular weight is 1360 g/mol. The quantitative estimate of drug-likeness (QED) is 0.0146. The Morgan fingerprint density at radius 3 is 0.914 bits per heavy atom. The highest BCUT2D eigenvalue weighted by atomic mass is 31.2. The van der Waals surface area contributed by atoms with Gasteiger partial charge >= 0.3 is 33.6 Å². The second-order valence-electron chi connectivity index (χ2n) is 25.5. The zero-order valence-corrected chi connectivity index (χ0v) is 61.0. The van der Waals surface area contributed by atoms with Gasteiger partial charge < -0.3 is 34.2 Å². The number of hydrogen-bond donors (Lipinski definition) is 4. The fraction of sp³-hybridized carbons (Fsp3) is 0.827. The number of carbonyl (C=O) groups excluding carboxylic acids is 3. The summed E-state index contributed by atoms with van der Waals surface area (Å²) in [6.07, 6.45) is 73.0. The molecule has 0 heterocycles. The minimum absolute atomic E-state index is 0.0995. The molecule has 0 aliphatic heterocycles. The largest absolute Gasteiger partial charge is 0.472 e. The summed E-state index contributed by atoms with van der Waals surface area (Å²) >= 11 is 0. The summed E-state index contributed by atoms with van der Waals surface area (Å²) < 4.78 is 60.9. The van der Waals surface area contributed by atoms with Crippen LogP contribution in [0.25, 0.3) is 0 Å². The maximum atomic E-state index is 12.9. The summed E-state index contributed by atoms with van der Waals surface area (Å²) in [4.78, 5) is 58.3. The van der Waals surface area contributed by atoms with E-state index in [2.05, 4.69) is 81.5 Å². The highest BCUT2D eigenvalue weighted by Gasteiger charge is 2.29. The molecule has 0 rings (SSSR count). The Morgan fingerprint density at radius 1 is 0.301 bits per heavy atom. The van der Waals surface area contributed by atoms with Gasteiger partial charge in [0.25, 0.3) is 0 Å². The maximum Gasteiger partial charge on any atom is 0.472 e. The van der Waals surface area contributed by atoms with Crippen molar-refractivity contribution in [3.63, 3.8) is 0 Å². The van der Waals surface area contributed by atoms with Gasteiger partial charge in [-0.05, 0) is 83.5 Å². The van der Waals surface area contributed by atoms with Crippen LogP contribution in [0.2, 0.25) is 0 Å². The highest BCUT2D eigenvalue weighted by Crippen LogP contribution is 2.45. The van der Waals surface area contributed by atoms with Gasteiger partial charge in [0.2, 0.25) is 0 Å². The minimum Gasteiger partial charge on any atom is -0.463 e. The molecule has 0 bridgehead atoms. The predicted octanol–water partition coefficient (Wildman–Crippen LogP) is 21.3. The SMILES string of the molecule is CCCC/C=C\CCCCCCCC(=O)OC(COC(=O)CCCCCCCCCCCCCCCCC)COP(=O)(O)OCC(O)COP(=O)(O)OCC(O)COC(=O)CCCCCCCCCCCCCCCCC/C=C\C/C=C\C/C=C\C/C=C\CCCCC. The Hall–Kier alpha value is -2.75. The van der Waals surface area contributed by atoms with Crippen LogP contribution in [0.3, 0.4) is 0 Å². The first-order valence-electron chi connectivity index (χ1n) is 37.6. The summed E-state index contributed by atoms with van der Waals surface area (Å²) in [6, 6.07) is 0. The van der Waals surface area contributed by atoms with Crippen molar-refractivity contribution in [1.29, 1.82) is 0 Å². The van der Waals surface area contributed by atoms with Crippen LogP contribution < -0.4 is 0 Å². The standard InChI is InChI=1S/C75H138O16P2/c1-4-7-10-13-16-19-22-24-26-27-28-29-30-31-32-33-34-35-36-37-38-39-40-41-43-45-47-49-52-55-58-61-73(78)85-64-70(76)65-87-92(81,82)88-66-71(77)67-89-93(83,84)90-69-72(91-75(80)63-60-57-54-51-46-21-18-15-12-9-6-3)68-86-74(79)62-59-56-53-50-48-44-42-25-23-20-17-14-11-8-5-2/h15-16,18-19,24,26,28-29,31-32,70-72,76-77H,4-14,17,20-23,25,27,30,33-69H2,1-3H3,(H,81,82)(H,83,84)/b18-15-,19-16-,26-24-,29-28-,32-31-. The lowest BCUT2D eigenvalue weighted by atomic mass is 10.0. The topological polar surface area (TPSA) is 231 Å². The van der Waals surface area contributed by atoms with E-state index in [0.717, 1.165) is 96.3 Å². The van der Waals surface area contributed by atoms with Gasteiger partial charge in [-0.25, -0.2) is 9.13 Å². The van der Waals surface area contributed by atoms with Gasteiger partial charge in [0.1, 0.15) is 25.4 Å². The van der Waals surface area contributed by atoms with Crippen LogP contribution in [0.15, 0.2) is 60.8 Å². The molecular weight excluding hydrogens is 1220 g/mol. The second kappa shape index (κ2) is 69.2. The summed E-state index contributed by atoms with van der Waals surface area (Å²) in [5.74, 6) is -1.57. The molecule has 0 radical (unpaired) electrons. The van der Waals surface area contributed by atoms with E-state index >= 15 is 0 Å². The Kier molecular flexibility index (Phi) is 67.1. The van der Waals surface area contributed by atoms with Crippen LogP contribution in [0.4, 0.5) is 0 Å². The Labute approximate surface area is 567 Å². The van der Waals surface area contributed by atoms with Crippen LogP contribution in [0.5, 0.6) is 0 Å². The number of unbranched alkanes of at least 4 members (excludes halogenated alkanes) is 39. The van der Waals surface area contributed by atoms with Crippen molar-refractivity contribution >= 4 is 33.6 Å². The molecule has 0 aromatic carbocycles. The van der Waals surface area contributed by atoms with Crippen molar-refractivity contribution in [2.45, 2.75) is 360 Å². The third kappa shape index (κ3) is 70.4. The van der Waals surface area contributed by atoms with Crippen molar-refractivity contribution in [3.8, 4) is 0 Å². The highest BCUT2D eigenvalue weighted by molar-refractivity contribution is 7.47. The second-order valence-corrected chi connectivity index (χ2v) is 28.4. The van der Waals surface area contributed by atoms with Crippen LogP contribution in [0, 0.1) is 0 Å². The van der Waals surface area contributed by atoms with Crippen LogP contribution >= 0.6 is 15.6 Å². The van der Waals surface area contributed by atoms with Gasteiger partial charge in [0, 0.05) is 19.3 Å². The Balaban J connectivity index is 4.33. The number of phosphoric acid groups is 2. The molecule has 0 aromatic rings. The molecule has 0 amide bonds. The minimum atomic E-state index is -4.91. The van der Waals surface area contributed by atoms with Crippen molar-refractivity contribution in [3.05, 3.63) is 60.8 Å².